The Morgan fingerprint density at radius 3 is 2.65 bits per heavy atom. The highest BCUT2D eigenvalue weighted by atomic mass is 79.9. The number of anilines is 1. The summed E-state index contributed by atoms with van der Waals surface area (Å²) in [6.07, 6.45) is 5.00. The maximum atomic E-state index is 14.4. The number of rotatable bonds is 6. The normalized spacial score (nSPS) is 17.2. The monoisotopic (exact) mass is 564 g/mol. The number of nitrogens with one attached hydrogen (secondary N) is 1. The molecule has 1 aliphatic rings. The van der Waals surface area contributed by atoms with E-state index in [9.17, 15) is 18.8 Å². The standard InChI is InChI=1S/C26H22BrFN6O3/c1-15(35)20-12-33(21-6-5-16(7-19(20)21)17-9-29-14-30-10-17)13-25(36)34-11-18(28)8-22(34)26(37)32-24-4-2-3-23(27)31-24/h2-7,9-10,12,14,18,22H,8,11,13H2,1H3,(H,31,32,37)/t18-,22+/m1/s1. The average molecular weight is 565 g/mol. The minimum Gasteiger partial charge on any atom is -0.337 e. The summed E-state index contributed by atoms with van der Waals surface area (Å²) in [7, 11) is 0. The molecule has 0 saturated carbocycles. The quantitative estimate of drug-likeness (QED) is 0.279. The van der Waals surface area contributed by atoms with E-state index in [4.69, 9.17) is 0 Å². The first-order valence-electron chi connectivity index (χ1n) is 11.6. The summed E-state index contributed by atoms with van der Waals surface area (Å²) in [6.45, 7) is 1.13. The molecule has 5 rings (SSSR count). The number of pyridine rings is 1. The van der Waals surface area contributed by atoms with Crippen LogP contribution in [0.4, 0.5) is 10.2 Å². The highest BCUT2D eigenvalue weighted by Crippen LogP contribution is 2.29. The Morgan fingerprint density at radius 1 is 1.14 bits per heavy atom. The maximum Gasteiger partial charge on any atom is 0.248 e. The fraction of sp³-hybridized carbons (Fsp3) is 0.231. The number of Topliss-reactive ketones (excluding diaryl/α,β-unsaturated/α-hetero) is 1. The summed E-state index contributed by atoms with van der Waals surface area (Å²) in [6, 6.07) is 9.61. The minimum atomic E-state index is -1.32. The largest absolute Gasteiger partial charge is 0.337 e. The second-order valence-corrected chi connectivity index (χ2v) is 9.63. The molecule has 4 aromatic rings. The number of benzene rings is 1. The molecule has 37 heavy (non-hydrogen) atoms. The smallest absolute Gasteiger partial charge is 0.248 e. The molecular formula is C26H22BrFN6O3. The number of aromatic nitrogens is 4. The van der Waals surface area contributed by atoms with Crippen molar-refractivity contribution >= 4 is 50.2 Å². The lowest BCUT2D eigenvalue weighted by Crippen LogP contribution is -2.44. The van der Waals surface area contributed by atoms with Gasteiger partial charge in [0, 0.05) is 47.0 Å². The number of nitrogens with zero attached hydrogens (tertiary/aromatic N) is 5. The number of hydrogen-bond acceptors (Lipinski definition) is 6. The summed E-state index contributed by atoms with van der Waals surface area (Å²) in [5.74, 6) is -0.775. The summed E-state index contributed by atoms with van der Waals surface area (Å²) < 4.78 is 16.6. The van der Waals surface area contributed by atoms with Gasteiger partial charge in [-0.2, -0.15) is 0 Å². The van der Waals surface area contributed by atoms with E-state index >= 15 is 0 Å². The third-order valence-electron chi connectivity index (χ3n) is 6.30. The first-order chi connectivity index (χ1) is 17.8. The van der Waals surface area contributed by atoms with Gasteiger partial charge in [0.15, 0.2) is 5.78 Å². The Bertz CT molecular complexity index is 1510. The lowest BCUT2D eigenvalue weighted by molar-refractivity contribution is -0.137. The van der Waals surface area contributed by atoms with Crippen LogP contribution in [0.3, 0.4) is 0 Å². The summed E-state index contributed by atoms with van der Waals surface area (Å²) in [5, 5.41) is 3.34. The number of likely N-dealkylation sites (tertiary alicyclic amines) is 1. The van der Waals surface area contributed by atoms with Crippen LogP contribution < -0.4 is 5.32 Å². The molecule has 0 unspecified atom stereocenters. The van der Waals surface area contributed by atoms with E-state index in [1.54, 1.807) is 41.4 Å². The Labute approximate surface area is 219 Å². The van der Waals surface area contributed by atoms with Crippen molar-refractivity contribution in [2.24, 2.45) is 0 Å². The van der Waals surface area contributed by atoms with Crippen LogP contribution in [0.2, 0.25) is 0 Å². The average Bonchev–Trinajstić information content (AvgIpc) is 3.45. The minimum absolute atomic E-state index is 0.0980. The number of alkyl halides is 1. The molecule has 2 atom stereocenters. The molecule has 0 radical (unpaired) electrons. The van der Waals surface area contributed by atoms with Gasteiger partial charge in [0.2, 0.25) is 11.8 Å². The van der Waals surface area contributed by atoms with E-state index in [-0.39, 0.29) is 25.3 Å². The van der Waals surface area contributed by atoms with Crippen LogP contribution in [-0.4, -0.2) is 60.8 Å². The van der Waals surface area contributed by atoms with Crippen LogP contribution in [0.5, 0.6) is 0 Å². The second-order valence-electron chi connectivity index (χ2n) is 8.82. The molecule has 0 spiro atoms. The van der Waals surface area contributed by atoms with Crippen molar-refractivity contribution < 1.29 is 18.8 Å². The van der Waals surface area contributed by atoms with Crippen LogP contribution >= 0.6 is 15.9 Å². The molecule has 0 bridgehead atoms. The van der Waals surface area contributed by atoms with E-state index in [1.165, 1.54) is 18.2 Å². The zero-order valence-corrected chi connectivity index (χ0v) is 21.4. The van der Waals surface area contributed by atoms with Gasteiger partial charge in [-0.25, -0.2) is 19.3 Å². The van der Waals surface area contributed by atoms with Crippen LogP contribution in [-0.2, 0) is 16.1 Å². The Hall–Kier alpha value is -3.99. The molecule has 3 aromatic heterocycles. The van der Waals surface area contributed by atoms with E-state index < -0.39 is 24.0 Å². The molecule has 188 valence electrons. The van der Waals surface area contributed by atoms with Gasteiger partial charge in [-0.05, 0) is 52.7 Å². The molecule has 9 nitrogen and oxygen atoms in total. The molecule has 0 aliphatic carbocycles. The van der Waals surface area contributed by atoms with Gasteiger partial charge in [-0.15, -0.1) is 0 Å². The topological polar surface area (TPSA) is 110 Å². The molecule has 1 N–H and O–H groups in total. The Kier molecular flexibility index (Phi) is 6.79. The van der Waals surface area contributed by atoms with Crippen molar-refractivity contribution in [2.45, 2.75) is 32.1 Å². The lowest BCUT2D eigenvalue weighted by atomic mass is 10.0. The fourth-order valence-corrected chi connectivity index (χ4v) is 4.91. The van der Waals surface area contributed by atoms with Crippen molar-refractivity contribution in [3.05, 3.63) is 71.5 Å². The summed E-state index contributed by atoms with van der Waals surface area (Å²) in [4.78, 5) is 52.2. The van der Waals surface area contributed by atoms with E-state index in [0.29, 0.717) is 26.9 Å². The zero-order valence-electron chi connectivity index (χ0n) is 19.8. The number of hydrogen-bond donors (Lipinski definition) is 1. The third-order valence-corrected chi connectivity index (χ3v) is 6.74. The lowest BCUT2D eigenvalue weighted by Gasteiger charge is -2.24. The first-order valence-corrected chi connectivity index (χ1v) is 12.4. The predicted molar refractivity (Wildman–Crippen MR) is 139 cm³/mol. The second kappa shape index (κ2) is 10.2. The van der Waals surface area contributed by atoms with Crippen molar-refractivity contribution in [2.75, 3.05) is 11.9 Å². The van der Waals surface area contributed by atoms with Gasteiger partial charge < -0.3 is 14.8 Å². The SMILES string of the molecule is CC(=O)c1cn(CC(=O)N2C[C@H](F)C[C@H]2C(=O)Nc2cccc(Br)n2)c2ccc(-c3cncnc3)cc12. The molecule has 1 aromatic carbocycles. The van der Waals surface area contributed by atoms with Gasteiger partial charge in [0.25, 0.3) is 0 Å². The number of ketones is 1. The van der Waals surface area contributed by atoms with Gasteiger partial charge in [-0.3, -0.25) is 14.4 Å². The molecule has 2 amide bonds. The Morgan fingerprint density at radius 2 is 1.92 bits per heavy atom. The zero-order chi connectivity index (χ0) is 26.1. The highest BCUT2D eigenvalue weighted by molar-refractivity contribution is 9.10. The molecule has 1 fully saturated rings. The van der Waals surface area contributed by atoms with Crippen LogP contribution in [0, 0.1) is 0 Å². The first kappa shape index (κ1) is 24.7. The van der Waals surface area contributed by atoms with Gasteiger partial charge >= 0.3 is 0 Å². The molecule has 4 heterocycles. The summed E-state index contributed by atoms with van der Waals surface area (Å²) in [5.41, 5.74) is 2.76. The number of carbonyl (C=O) groups is 3. The van der Waals surface area contributed by atoms with Gasteiger partial charge in [0.05, 0.1) is 6.54 Å². The third kappa shape index (κ3) is 5.12. The predicted octanol–water partition coefficient (Wildman–Crippen LogP) is 4.04. The summed E-state index contributed by atoms with van der Waals surface area (Å²) >= 11 is 3.25. The number of fused-ring (bicyclic) bond motifs is 1. The number of halogens is 2. The molecule has 1 saturated heterocycles. The molecular weight excluding hydrogens is 543 g/mol. The molecule has 1 aliphatic heterocycles. The van der Waals surface area contributed by atoms with Crippen molar-refractivity contribution in [1.82, 2.24) is 24.4 Å². The highest BCUT2D eigenvalue weighted by Gasteiger charge is 2.40. The Balaban J connectivity index is 1.41. The van der Waals surface area contributed by atoms with Gasteiger partial charge in [0.1, 0.15) is 35.5 Å². The van der Waals surface area contributed by atoms with E-state index in [0.717, 1.165) is 11.1 Å². The van der Waals surface area contributed by atoms with E-state index in [1.807, 2.05) is 18.2 Å². The van der Waals surface area contributed by atoms with Gasteiger partial charge in [-0.1, -0.05) is 12.1 Å². The maximum absolute atomic E-state index is 14.4. The van der Waals surface area contributed by atoms with Crippen LogP contribution in [0.25, 0.3) is 22.0 Å². The fourth-order valence-electron chi connectivity index (χ4n) is 4.57. The molecule has 11 heteroatoms. The number of carbonyl (C=O) groups excluding carboxylic acids is 3. The van der Waals surface area contributed by atoms with Crippen molar-refractivity contribution in [3.63, 3.8) is 0 Å². The number of amides is 2. The van der Waals surface area contributed by atoms with Crippen LogP contribution in [0.1, 0.15) is 23.7 Å². The van der Waals surface area contributed by atoms with Crippen molar-refractivity contribution in [3.8, 4) is 11.1 Å². The van der Waals surface area contributed by atoms with Crippen molar-refractivity contribution in [1.29, 1.82) is 0 Å². The van der Waals surface area contributed by atoms with E-state index in [2.05, 4.69) is 36.2 Å². The van der Waals surface area contributed by atoms with Crippen LogP contribution in [0.15, 0.2) is 65.9 Å².